The molecule has 3 nitrogen and oxygen atoms in total. The van der Waals surface area contributed by atoms with E-state index in [0.717, 1.165) is 0 Å². The Labute approximate surface area is 69.5 Å². The predicted octanol–water partition coefficient (Wildman–Crippen LogP) is 0.522. The van der Waals surface area contributed by atoms with Gasteiger partial charge in [0.05, 0.1) is 6.07 Å². The summed E-state index contributed by atoms with van der Waals surface area (Å²) < 4.78 is 0. The van der Waals surface area contributed by atoms with Gasteiger partial charge in [-0.3, -0.25) is 4.79 Å². The van der Waals surface area contributed by atoms with Gasteiger partial charge in [0.1, 0.15) is 9.65 Å². The first-order chi connectivity index (χ1) is 4.09. The molecule has 0 aliphatic heterocycles. The molecule has 5 heteroatoms. The second-order valence-corrected chi connectivity index (χ2v) is 3.31. The lowest BCUT2D eigenvalue weighted by Crippen LogP contribution is -2.29. The number of carbonyl (C=O) groups is 1. The molecule has 0 aromatic rings. The van der Waals surface area contributed by atoms with E-state index in [4.69, 9.17) is 11.0 Å². The maximum absolute atomic E-state index is 10.3. The summed E-state index contributed by atoms with van der Waals surface area (Å²) in [5.74, 6) is -0.543. The van der Waals surface area contributed by atoms with Crippen LogP contribution in [-0.2, 0) is 4.79 Å². The number of nitrogens with two attached hydrogens (primary N) is 1. The summed E-state index contributed by atoms with van der Waals surface area (Å²) in [6.45, 7) is 0. The van der Waals surface area contributed by atoms with Crippen LogP contribution in [0, 0.1) is 11.3 Å². The van der Waals surface area contributed by atoms with Crippen LogP contribution in [0.4, 0.5) is 0 Å². The number of rotatable bonds is 2. The average Bonchev–Trinajstić information content (AvgIpc) is 1.84. The molecule has 0 aliphatic carbocycles. The Morgan fingerprint density at radius 2 is 2.11 bits per heavy atom. The van der Waals surface area contributed by atoms with Crippen LogP contribution in [0.1, 0.15) is 0 Å². The Kier molecular flexibility index (Phi) is 3.82. The lowest BCUT2D eigenvalue weighted by atomic mass is 10.3. The van der Waals surface area contributed by atoms with Crippen molar-refractivity contribution in [1.29, 1.82) is 5.26 Å². The van der Waals surface area contributed by atoms with Crippen LogP contribution >= 0.6 is 31.9 Å². The number of hydrogen-bond donors (Lipinski definition) is 1. The van der Waals surface area contributed by atoms with Crippen molar-refractivity contribution in [2.45, 2.75) is 9.65 Å². The minimum absolute atomic E-state index is 0.543. The van der Waals surface area contributed by atoms with Crippen molar-refractivity contribution in [2.75, 3.05) is 0 Å². The Bertz CT molecular complexity index is 153. The van der Waals surface area contributed by atoms with Gasteiger partial charge in [0.15, 0.2) is 0 Å². The molecule has 1 amide bonds. The first-order valence-corrected chi connectivity index (χ1v) is 3.89. The molecule has 50 valence electrons. The van der Waals surface area contributed by atoms with Gasteiger partial charge in [0.25, 0.3) is 0 Å². The molecule has 0 heterocycles. The summed E-state index contributed by atoms with van der Waals surface area (Å²) in [6, 6.07) is 1.81. The fraction of sp³-hybridized carbons (Fsp3) is 0.500. The van der Waals surface area contributed by atoms with Crippen molar-refractivity contribution in [3.05, 3.63) is 0 Å². The molecule has 0 aliphatic rings. The molecule has 0 rings (SSSR count). The molecule has 0 fully saturated rings. The molecule has 2 N–H and O–H groups in total. The molecule has 0 saturated carbocycles. The molecule has 0 aromatic heterocycles. The number of halogens is 2. The largest absolute Gasteiger partial charge is 0.369 e. The number of carbonyl (C=O) groups excluding carboxylic acids is 1. The van der Waals surface area contributed by atoms with Crippen LogP contribution in [0.2, 0.25) is 0 Å². The standard InChI is InChI=1S/C4H4Br2N2O/c5-2(1-7)3(6)4(8)9/h2-3H,(H2,8,9). The lowest BCUT2D eigenvalue weighted by molar-refractivity contribution is -0.117. The molecule has 2 atom stereocenters. The maximum Gasteiger partial charge on any atom is 0.233 e. The van der Waals surface area contributed by atoms with Gasteiger partial charge in [-0.2, -0.15) is 5.26 Å². The molecule has 0 radical (unpaired) electrons. The highest BCUT2D eigenvalue weighted by Crippen LogP contribution is 2.12. The predicted molar refractivity (Wildman–Crippen MR) is 40.2 cm³/mol. The van der Waals surface area contributed by atoms with Crippen LogP contribution in [0.3, 0.4) is 0 Å². The highest BCUT2D eigenvalue weighted by atomic mass is 79.9. The Hall–Kier alpha value is -0.0800. The molecular formula is C4H4Br2N2O. The van der Waals surface area contributed by atoms with Crippen LogP contribution in [0.5, 0.6) is 0 Å². The zero-order valence-electron chi connectivity index (χ0n) is 4.34. The normalized spacial score (nSPS) is 15.7. The van der Waals surface area contributed by atoms with Gasteiger partial charge in [0, 0.05) is 0 Å². The third-order valence-corrected chi connectivity index (χ3v) is 3.07. The van der Waals surface area contributed by atoms with E-state index < -0.39 is 15.6 Å². The van der Waals surface area contributed by atoms with E-state index in [1.165, 1.54) is 0 Å². The highest BCUT2D eigenvalue weighted by Gasteiger charge is 2.19. The summed E-state index contributed by atoms with van der Waals surface area (Å²) in [7, 11) is 0. The van der Waals surface area contributed by atoms with Gasteiger partial charge in [-0.1, -0.05) is 31.9 Å². The van der Waals surface area contributed by atoms with Gasteiger partial charge in [-0.25, -0.2) is 0 Å². The number of primary amides is 1. The van der Waals surface area contributed by atoms with E-state index in [-0.39, 0.29) is 0 Å². The fourth-order valence-electron chi connectivity index (χ4n) is 0.210. The van der Waals surface area contributed by atoms with E-state index in [1.807, 2.05) is 6.07 Å². The number of nitrogens with zero attached hydrogens (tertiary/aromatic N) is 1. The first-order valence-electron chi connectivity index (χ1n) is 2.06. The van der Waals surface area contributed by atoms with E-state index in [2.05, 4.69) is 31.9 Å². The Morgan fingerprint density at radius 1 is 1.67 bits per heavy atom. The zero-order chi connectivity index (χ0) is 7.44. The first kappa shape index (κ1) is 8.92. The van der Waals surface area contributed by atoms with Crippen molar-refractivity contribution in [1.82, 2.24) is 0 Å². The summed E-state index contributed by atoms with van der Waals surface area (Å²) in [5, 5.41) is 8.22. The fourth-order valence-corrected chi connectivity index (χ4v) is 0.588. The summed E-state index contributed by atoms with van der Waals surface area (Å²) in [6.07, 6.45) is 0. The maximum atomic E-state index is 10.3. The SMILES string of the molecule is N#CC(Br)C(Br)C(N)=O. The minimum Gasteiger partial charge on any atom is -0.369 e. The van der Waals surface area contributed by atoms with Crippen LogP contribution in [0.15, 0.2) is 0 Å². The Balaban J connectivity index is 3.91. The van der Waals surface area contributed by atoms with Crippen molar-refractivity contribution < 1.29 is 4.79 Å². The van der Waals surface area contributed by atoms with Crippen molar-refractivity contribution in [3.63, 3.8) is 0 Å². The minimum atomic E-state index is -0.609. The summed E-state index contributed by atoms with van der Waals surface area (Å²) in [5.41, 5.74) is 4.85. The van der Waals surface area contributed by atoms with E-state index >= 15 is 0 Å². The summed E-state index contributed by atoms with van der Waals surface area (Å²) in [4.78, 5) is 9.14. The van der Waals surface area contributed by atoms with Crippen molar-refractivity contribution in [2.24, 2.45) is 5.73 Å². The molecule has 0 bridgehead atoms. The molecule has 0 aromatic carbocycles. The molecule has 0 spiro atoms. The van der Waals surface area contributed by atoms with Crippen LogP contribution < -0.4 is 5.73 Å². The second-order valence-electron chi connectivity index (χ2n) is 1.33. The van der Waals surface area contributed by atoms with Crippen LogP contribution in [-0.4, -0.2) is 15.6 Å². The number of nitriles is 1. The van der Waals surface area contributed by atoms with Crippen molar-refractivity contribution >= 4 is 37.8 Å². The molecule has 9 heavy (non-hydrogen) atoms. The van der Waals surface area contributed by atoms with Gasteiger partial charge in [-0.05, 0) is 0 Å². The number of hydrogen-bond acceptors (Lipinski definition) is 2. The van der Waals surface area contributed by atoms with E-state index in [1.54, 1.807) is 0 Å². The molecule has 0 saturated heterocycles. The van der Waals surface area contributed by atoms with Gasteiger partial charge in [0.2, 0.25) is 5.91 Å². The summed E-state index contributed by atoms with van der Waals surface area (Å²) >= 11 is 5.86. The Morgan fingerprint density at radius 3 is 2.22 bits per heavy atom. The van der Waals surface area contributed by atoms with Crippen LogP contribution in [0.25, 0.3) is 0 Å². The number of amides is 1. The molecule has 2 unspecified atom stereocenters. The van der Waals surface area contributed by atoms with Gasteiger partial charge >= 0.3 is 0 Å². The van der Waals surface area contributed by atoms with E-state index in [0.29, 0.717) is 0 Å². The number of alkyl halides is 2. The average molecular weight is 256 g/mol. The zero-order valence-corrected chi connectivity index (χ0v) is 7.52. The van der Waals surface area contributed by atoms with Gasteiger partial charge < -0.3 is 5.73 Å². The smallest absolute Gasteiger partial charge is 0.233 e. The lowest BCUT2D eigenvalue weighted by Gasteiger charge is -2.02. The quantitative estimate of drug-likeness (QED) is 0.732. The second kappa shape index (κ2) is 3.85. The third kappa shape index (κ3) is 2.82. The molecular weight excluding hydrogens is 252 g/mol. The van der Waals surface area contributed by atoms with Gasteiger partial charge in [-0.15, -0.1) is 0 Å². The van der Waals surface area contributed by atoms with Crippen molar-refractivity contribution in [3.8, 4) is 6.07 Å². The monoisotopic (exact) mass is 254 g/mol. The highest BCUT2D eigenvalue weighted by molar-refractivity contribution is 9.12. The topological polar surface area (TPSA) is 66.9 Å². The third-order valence-electron chi connectivity index (χ3n) is 0.652. The van der Waals surface area contributed by atoms with E-state index in [9.17, 15) is 4.79 Å².